The molecule has 1 amide bonds. The van der Waals surface area contributed by atoms with Crippen LogP contribution in [0.5, 0.6) is 0 Å². The maximum absolute atomic E-state index is 12.1. The van der Waals surface area contributed by atoms with Crippen molar-refractivity contribution in [1.82, 2.24) is 9.88 Å². The summed E-state index contributed by atoms with van der Waals surface area (Å²) in [7, 11) is 0. The largest absolute Gasteiger partial charge is 1.00 e. The van der Waals surface area contributed by atoms with E-state index in [0.29, 0.717) is 17.0 Å². The van der Waals surface area contributed by atoms with Gasteiger partial charge in [0.25, 0.3) is 0 Å². The second-order valence-corrected chi connectivity index (χ2v) is 7.43. The summed E-state index contributed by atoms with van der Waals surface area (Å²) in [5, 5.41) is 32.0. The average Bonchev–Trinajstić information content (AvgIpc) is 3.09. The van der Waals surface area contributed by atoms with E-state index < -0.39 is 18.0 Å². The summed E-state index contributed by atoms with van der Waals surface area (Å²) in [5.74, 6) is -2.33. The number of nitrogens with zero attached hydrogens (tertiary/aromatic N) is 2. The van der Waals surface area contributed by atoms with Gasteiger partial charge in [-0.1, -0.05) is 0 Å². The van der Waals surface area contributed by atoms with Crippen LogP contribution in [0.15, 0.2) is 21.5 Å². The van der Waals surface area contributed by atoms with E-state index >= 15 is 0 Å². The van der Waals surface area contributed by atoms with Gasteiger partial charge in [-0.15, -0.1) is 23.1 Å². The number of carboxylic acids is 1. The molecule has 0 spiro atoms. The molecule has 1 saturated heterocycles. The molecule has 1 aromatic heterocycles. The summed E-state index contributed by atoms with van der Waals surface area (Å²) in [5.41, 5.74) is 2.07. The third-order valence-electron chi connectivity index (χ3n) is 4.13. The van der Waals surface area contributed by atoms with Crippen LogP contribution in [0.4, 0.5) is 0 Å². The minimum absolute atomic E-state index is 0. The molecule has 7 nitrogen and oxygen atoms in total. The Hall–Kier alpha value is -0.680. The van der Waals surface area contributed by atoms with Crippen LogP contribution in [-0.2, 0) is 16.2 Å². The van der Waals surface area contributed by atoms with E-state index in [1.165, 1.54) is 34.9 Å². The Balaban J connectivity index is 0.00000225. The van der Waals surface area contributed by atoms with Crippen molar-refractivity contribution < 1.29 is 54.5 Å². The summed E-state index contributed by atoms with van der Waals surface area (Å²) >= 11 is 2.57. The van der Waals surface area contributed by atoms with Gasteiger partial charge in [0.2, 0.25) is 5.91 Å². The van der Waals surface area contributed by atoms with E-state index in [0.717, 1.165) is 4.88 Å². The molecule has 2 aliphatic rings. The number of thioether (sulfide) groups is 1. The molecule has 0 radical (unpaired) electrons. The first-order valence-corrected chi connectivity index (χ1v) is 9.03. The second kappa shape index (κ2) is 8.34. The summed E-state index contributed by atoms with van der Waals surface area (Å²) in [6.45, 7) is 1.37. The van der Waals surface area contributed by atoms with Gasteiger partial charge in [-0.3, -0.25) is 4.79 Å². The number of carbonyl (C=O) groups excluding carboxylic acids is 2. The fourth-order valence-electron chi connectivity index (χ4n) is 3.04. The van der Waals surface area contributed by atoms with E-state index in [-0.39, 0.29) is 53.8 Å². The Kier molecular flexibility index (Phi) is 6.88. The molecule has 0 bridgehead atoms. The van der Waals surface area contributed by atoms with E-state index in [1.54, 1.807) is 17.0 Å². The first-order valence-electron chi connectivity index (χ1n) is 7.27. The maximum Gasteiger partial charge on any atom is 1.00 e. The van der Waals surface area contributed by atoms with Crippen LogP contribution in [0.25, 0.3) is 6.08 Å². The van der Waals surface area contributed by atoms with Gasteiger partial charge in [-0.05, 0) is 18.4 Å². The summed E-state index contributed by atoms with van der Waals surface area (Å²) in [4.78, 5) is 30.0. The van der Waals surface area contributed by atoms with Crippen molar-refractivity contribution in [1.29, 1.82) is 0 Å². The van der Waals surface area contributed by atoms with Crippen LogP contribution in [-0.4, -0.2) is 44.1 Å². The topological polar surface area (TPSA) is 114 Å². The van der Waals surface area contributed by atoms with E-state index in [4.69, 9.17) is 5.11 Å². The Morgan fingerprint density at radius 1 is 1.64 bits per heavy atom. The monoisotopic (exact) mass is 390 g/mol. The smallest absolute Gasteiger partial charge is 0.543 e. The normalized spacial score (nSPS) is 23.5. The van der Waals surface area contributed by atoms with Gasteiger partial charge in [0.1, 0.15) is 0 Å². The molecule has 0 saturated carbocycles. The molecule has 10 heteroatoms. The summed E-state index contributed by atoms with van der Waals surface area (Å²) in [6.07, 6.45) is 1.32. The van der Waals surface area contributed by atoms with E-state index in [9.17, 15) is 19.8 Å². The number of aliphatic hydroxyl groups excluding tert-OH is 2. The van der Waals surface area contributed by atoms with Gasteiger partial charge in [0, 0.05) is 11.3 Å². The Bertz CT molecular complexity index is 746. The number of thiazole rings is 1. The minimum atomic E-state index is -1.39. The number of fused-ring (bicyclic) bond motifs is 1. The van der Waals surface area contributed by atoms with Crippen LogP contribution in [0.2, 0.25) is 0 Å². The van der Waals surface area contributed by atoms with Crippen molar-refractivity contribution >= 4 is 41.1 Å². The molecule has 2 aliphatic heterocycles. The fourth-order valence-corrected chi connectivity index (χ4v) is 4.75. The third-order valence-corrected chi connectivity index (χ3v) is 5.89. The molecule has 1 aromatic rings. The number of carboxylic acid groups (broad SMARTS) is 1. The van der Waals surface area contributed by atoms with Crippen molar-refractivity contribution in [3.63, 3.8) is 0 Å². The van der Waals surface area contributed by atoms with E-state index in [1.807, 2.05) is 0 Å². The van der Waals surface area contributed by atoms with Crippen LogP contribution in [0.1, 0.15) is 23.9 Å². The van der Waals surface area contributed by atoms with Crippen LogP contribution in [0, 0.1) is 5.92 Å². The van der Waals surface area contributed by atoms with Crippen LogP contribution < -0.4 is 34.7 Å². The summed E-state index contributed by atoms with van der Waals surface area (Å²) in [6, 6.07) is -0.322. The van der Waals surface area contributed by atoms with Gasteiger partial charge in [-0.2, -0.15) is 0 Å². The zero-order valence-electron chi connectivity index (χ0n) is 13.7. The molecule has 3 heterocycles. The second-order valence-electron chi connectivity index (χ2n) is 5.55. The predicted molar refractivity (Wildman–Crippen MR) is 87.1 cm³/mol. The first-order chi connectivity index (χ1) is 11.5. The van der Waals surface area contributed by atoms with Crippen molar-refractivity contribution in [2.24, 2.45) is 5.92 Å². The number of aromatic nitrogens is 1. The van der Waals surface area contributed by atoms with Gasteiger partial charge in [-0.25, -0.2) is 4.98 Å². The number of hydrogen-bond donors (Lipinski definition) is 2. The molecule has 0 aliphatic carbocycles. The number of rotatable bonds is 6. The standard InChI is InChI=1S/C15H16N2O5S2.Na/c1-7(19)12-9-4-11(13(15(21)22)17(9)14(12)20)23-3-2-10-8(5-18)16-6-24-10;/h2-3,6-7,9,12,18-19H,4-5H2,1H3,(H,21,22);/q;+1/p-1/b3-2-;/t7-,9-,12-;/m1./s1. The third kappa shape index (κ3) is 3.73. The Labute approximate surface area is 174 Å². The Morgan fingerprint density at radius 3 is 2.96 bits per heavy atom. The van der Waals surface area contributed by atoms with Gasteiger partial charge in [0.05, 0.1) is 52.4 Å². The molecule has 0 unspecified atom stereocenters. The molecular formula is C15H15N2NaO5S2. The van der Waals surface area contributed by atoms with Gasteiger partial charge >= 0.3 is 29.6 Å². The summed E-state index contributed by atoms with van der Waals surface area (Å²) < 4.78 is 0. The van der Waals surface area contributed by atoms with Crippen LogP contribution >= 0.6 is 23.1 Å². The van der Waals surface area contributed by atoms with Crippen molar-refractivity contribution in [3.05, 3.63) is 32.1 Å². The van der Waals surface area contributed by atoms with Gasteiger partial charge < -0.3 is 25.0 Å². The molecule has 3 rings (SSSR count). The number of hydrogen-bond acceptors (Lipinski definition) is 8. The number of carbonyl (C=O) groups is 2. The van der Waals surface area contributed by atoms with E-state index in [2.05, 4.69) is 4.98 Å². The number of aliphatic carboxylic acids is 1. The molecule has 3 atom stereocenters. The quantitative estimate of drug-likeness (QED) is 0.391. The number of aliphatic hydroxyl groups is 2. The molecule has 25 heavy (non-hydrogen) atoms. The SMILES string of the molecule is C[C@@H](O)[C@H]1C(=O)N2C(C(=O)[O-])=C(S/C=C\c3scnc3CO)C[C@H]12.[Na+]. The molecule has 128 valence electrons. The fraction of sp³-hybridized carbons (Fsp3) is 0.400. The first kappa shape index (κ1) is 20.6. The number of β-lactam (4-membered cyclic amide) rings is 1. The van der Waals surface area contributed by atoms with Crippen molar-refractivity contribution in [2.75, 3.05) is 0 Å². The van der Waals surface area contributed by atoms with Crippen molar-refractivity contribution in [2.45, 2.75) is 32.1 Å². The average molecular weight is 390 g/mol. The maximum atomic E-state index is 12.1. The zero-order chi connectivity index (χ0) is 17.4. The zero-order valence-corrected chi connectivity index (χ0v) is 17.3. The van der Waals surface area contributed by atoms with Gasteiger partial charge in [0.15, 0.2) is 0 Å². The molecule has 0 aromatic carbocycles. The molecular weight excluding hydrogens is 375 g/mol. The molecule has 2 N–H and O–H groups in total. The van der Waals surface area contributed by atoms with Crippen LogP contribution in [0.3, 0.4) is 0 Å². The molecule has 1 fully saturated rings. The predicted octanol–water partition coefficient (Wildman–Crippen LogP) is -3.08. The Morgan fingerprint density at radius 2 is 2.36 bits per heavy atom. The minimum Gasteiger partial charge on any atom is -0.543 e. The van der Waals surface area contributed by atoms with Crippen molar-refractivity contribution in [3.8, 4) is 0 Å². The number of amides is 1.